The van der Waals surface area contributed by atoms with Crippen molar-refractivity contribution in [1.82, 2.24) is 4.57 Å². The van der Waals surface area contributed by atoms with Crippen LogP contribution in [0.1, 0.15) is 30.1 Å². The summed E-state index contributed by atoms with van der Waals surface area (Å²) in [5, 5.41) is 0. The van der Waals surface area contributed by atoms with Crippen LogP contribution in [0.5, 0.6) is 0 Å². The predicted molar refractivity (Wildman–Crippen MR) is 74.8 cm³/mol. The second kappa shape index (κ2) is 7.47. The van der Waals surface area contributed by atoms with E-state index in [4.69, 9.17) is 4.74 Å². The molecule has 0 atom stereocenters. The molecule has 0 N–H and O–H groups in total. The summed E-state index contributed by atoms with van der Waals surface area (Å²) in [4.78, 5) is 23.1. The number of alkyl halides is 1. The van der Waals surface area contributed by atoms with Gasteiger partial charge in [-0.1, -0.05) is 22.6 Å². The highest BCUT2D eigenvalue weighted by molar-refractivity contribution is 14.1. The molecule has 1 aromatic heterocycles. The molecule has 1 heterocycles. The number of nitrogens with zero attached hydrogens (tertiary/aromatic N) is 1. The van der Waals surface area contributed by atoms with Gasteiger partial charge in [-0.05, 0) is 30.3 Å². The summed E-state index contributed by atoms with van der Waals surface area (Å²) in [5.74, 6) is -0.379. The van der Waals surface area contributed by atoms with E-state index in [1.807, 2.05) is 0 Å². The number of ether oxygens (including phenoxy) is 1. The Bertz CT molecular complexity index is 428. The Morgan fingerprint density at radius 3 is 2.82 bits per heavy atom. The standard InChI is InChI=1S/C12H16INO3/c1-2-17-12(16)10-5-6-11(15)14(9-10)8-4-3-7-13/h5-6,9H,2-4,7-8H2,1H3. The Balaban J connectivity index is 2.79. The molecule has 5 heteroatoms. The number of aryl methyl sites for hydroxylation is 1. The van der Waals surface area contributed by atoms with E-state index < -0.39 is 0 Å². The van der Waals surface area contributed by atoms with Gasteiger partial charge in [0.15, 0.2) is 0 Å². The van der Waals surface area contributed by atoms with E-state index in [-0.39, 0.29) is 11.5 Å². The van der Waals surface area contributed by atoms with Gasteiger partial charge in [0.1, 0.15) is 0 Å². The molecule has 0 saturated carbocycles. The van der Waals surface area contributed by atoms with Crippen molar-refractivity contribution in [2.45, 2.75) is 26.3 Å². The van der Waals surface area contributed by atoms with Gasteiger partial charge in [-0.15, -0.1) is 0 Å². The maximum absolute atomic E-state index is 11.6. The second-order valence-electron chi connectivity index (χ2n) is 3.57. The van der Waals surface area contributed by atoms with E-state index in [1.165, 1.54) is 12.1 Å². The first-order chi connectivity index (χ1) is 8.19. The zero-order chi connectivity index (χ0) is 12.7. The Kier molecular flexibility index (Phi) is 6.25. The largest absolute Gasteiger partial charge is 0.462 e. The number of halogens is 1. The number of rotatable bonds is 6. The minimum atomic E-state index is -0.379. The molecule has 1 rings (SSSR count). The molecular formula is C12H16INO3. The van der Waals surface area contributed by atoms with Crippen molar-refractivity contribution in [2.75, 3.05) is 11.0 Å². The zero-order valence-corrected chi connectivity index (χ0v) is 12.0. The number of unbranched alkanes of at least 4 members (excludes halogenated alkanes) is 1. The number of carbonyl (C=O) groups is 1. The van der Waals surface area contributed by atoms with Crippen LogP contribution in [-0.2, 0) is 11.3 Å². The van der Waals surface area contributed by atoms with E-state index in [2.05, 4.69) is 22.6 Å². The molecule has 0 aliphatic carbocycles. The smallest absolute Gasteiger partial charge is 0.339 e. The molecule has 0 spiro atoms. The summed E-state index contributed by atoms with van der Waals surface area (Å²) in [6.07, 6.45) is 3.58. The van der Waals surface area contributed by atoms with Gasteiger partial charge in [0.05, 0.1) is 12.2 Å². The van der Waals surface area contributed by atoms with Gasteiger partial charge in [-0.3, -0.25) is 4.79 Å². The van der Waals surface area contributed by atoms with Gasteiger partial charge in [0.25, 0.3) is 5.56 Å². The molecule has 0 aromatic carbocycles. The van der Waals surface area contributed by atoms with E-state index in [0.717, 1.165) is 17.3 Å². The molecule has 0 saturated heterocycles. The minimum absolute atomic E-state index is 0.0773. The predicted octanol–water partition coefficient (Wildman–Crippen LogP) is 2.24. The Hall–Kier alpha value is -0.850. The number of carbonyl (C=O) groups excluding carboxylic acids is 1. The van der Waals surface area contributed by atoms with Crippen LogP contribution in [0.2, 0.25) is 0 Å². The Morgan fingerprint density at radius 1 is 1.41 bits per heavy atom. The summed E-state index contributed by atoms with van der Waals surface area (Å²) in [6, 6.07) is 2.92. The van der Waals surface area contributed by atoms with Crippen molar-refractivity contribution >= 4 is 28.6 Å². The van der Waals surface area contributed by atoms with Crippen LogP contribution >= 0.6 is 22.6 Å². The third kappa shape index (κ3) is 4.49. The molecule has 0 aliphatic rings. The molecule has 0 radical (unpaired) electrons. The van der Waals surface area contributed by atoms with E-state index in [1.54, 1.807) is 17.7 Å². The number of pyridine rings is 1. The highest BCUT2D eigenvalue weighted by Gasteiger charge is 2.07. The van der Waals surface area contributed by atoms with Crippen LogP contribution in [0.3, 0.4) is 0 Å². The zero-order valence-electron chi connectivity index (χ0n) is 9.82. The topological polar surface area (TPSA) is 48.3 Å². The average molecular weight is 349 g/mol. The number of hydrogen-bond donors (Lipinski definition) is 0. The molecule has 17 heavy (non-hydrogen) atoms. The number of hydrogen-bond acceptors (Lipinski definition) is 3. The van der Waals surface area contributed by atoms with Crippen LogP contribution < -0.4 is 5.56 Å². The maximum Gasteiger partial charge on any atom is 0.339 e. The monoisotopic (exact) mass is 349 g/mol. The van der Waals surface area contributed by atoms with Crippen molar-refractivity contribution in [3.63, 3.8) is 0 Å². The first-order valence-electron chi connectivity index (χ1n) is 5.62. The minimum Gasteiger partial charge on any atom is -0.462 e. The van der Waals surface area contributed by atoms with Crippen molar-refractivity contribution < 1.29 is 9.53 Å². The van der Waals surface area contributed by atoms with Gasteiger partial charge in [0.2, 0.25) is 0 Å². The van der Waals surface area contributed by atoms with Gasteiger partial charge < -0.3 is 9.30 Å². The molecule has 94 valence electrons. The summed E-state index contributed by atoms with van der Waals surface area (Å²) in [5.41, 5.74) is 0.354. The SMILES string of the molecule is CCOC(=O)c1ccc(=O)n(CCCCI)c1. The summed E-state index contributed by atoms with van der Waals surface area (Å²) >= 11 is 2.31. The van der Waals surface area contributed by atoms with E-state index in [0.29, 0.717) is 18.7 Å². The molecule has 0 aliphatic heterocycles. The highest BCUT2D eigenvalue weighted by Crippen LogP contribution is 2.02. The van der Waals surface area contributed by atoms with Gasteiger partial charge in [-0.25, -0.2) is 4.79 Å². The van der Waals surface area contributed by atoms with Gasteiger partial charge in [0, 0.05) is 18.8 Å². The first kappa shape index (κ1) is 14.2. The van der Waals surface area contributed by atoms with Gasteiger partial charge in [-0.2, -0.15) is 0 Å². The summed E-state index contributed by atoms with van der Waals surface area (Å²) in [6.45, 7) is 2.75. The average Bonchev–Trinajstić information content (AvgIpc) is 2.32. The highest BCUT2D eigenvalue weighted by atomic mass is 127. The molecule has 0 unspecified atom stereocenters. The molecule has 0 amide bonds. The Morgan fingerprint density at radius 2 is 2.18 bits per heavy atom. The van der Waals surface area contributed by atoms with Crippen molar-refractivity contribution in [2.24, 2.45) is 0 Å². The first-order valence-corrected chi connectivity index (χ1v) is 7.15. The van der Waals surface area contributed by atoms with Crippen molar-refractivity contribution in [1.29, 1.82) is 0 Å². The molecule has 1 aromatic rings. The lowest BCUT2D eigenvalue weighted by atomic mass is 10.2. The third-order valence-electron chi connectivity index (χ3n) is 2.28. The molecular weight excluding hydrogens is 333 g/mol. The van der Waals surface area contributed by atoms with Crippen molar-refractivity contribution in [3.8, 4) is 0 Å². The second-order valence-corrected chi connectivity index (χ2v) is 4.64. The quantitative estimate of drug-likeness (QED) is 0.343. The van der Waals surface area contributed by atoms with Crippen molar-refractivity contribution in [3.05, 3.63) is 34.2 Å². The fraction of sp³-hybridized carbons (Fsp3) is 0.500. The van der Waals surface area contributed by atoms with Crippen LogP contribution in [0.4, 0.5) is 0 Å². The number of esters is 1. The molecule has 0 fully saturated rings. The van der Waals surface area contributed by atoms with Crippen LogP contribution in [0.25, 0.3) is 0 Å². The van der Waals surface area contributed by atoms with Crippen LogP contribution in [0.15, 0.2) is 23.1 Å². The normalized spacial score (nSPS) is 10.2. The van der Waals surface area contributed by atoms with Gasteiger partial charge >= 0.3 is 5.97 Å². The fourth-order valence-electron chi connectivity index (χ4n) is 1.42. The lowest BCUT2D eigenvalue weighted by molar-refractivity contribution is 0.0525. The molecule has 4 nitrogen and oxygen atoms in total. The maximum atomic E-state index is 11.6. The van der Waals surface area contributed by atoms with E-state index >= 15 is 0 Å². The fourth-order valence-corrected chi connectivity index (χ4v) is 1.96. The van der Waals surface area contributed by atoms with Crippen LogP contribution in [0, 0.1) is 0 Å². The summed E-state index contributed by atoms with van der Waals surface area (Å²) in [7, 11) is 0. The number of aromatic nitrogens is 1. The van der Waals surface area contributed by atoms with Crippen LogP contribution in [-0.4, -0.2) is 21.6 Å². The lowest BCUT2D eigenvalue weighted by Crippen LogP contribution is -2.20. The lowest BCUT2D eigenvalue weighted by Gasteiger charge is -2.07. The Labute approximate surface area is 114 Å². The molecule has 0 bridgehead atoms. The summed E-state index contributed by atoms with van der Waals surface area (Å²) < 4.78 is 7.53. The van der Waals surface area contributed by atoms with E-state index in [9.17, 15) is 9.59 Å². The third-order valence-corrected chi connectivity index (χ3v) is 3.04.